The smallest absolute Gasteiger partial charge is 0.340 e. The average Bonchev–Trinajstić information content (AvgIpc) is 2.40. The van der Waals surface area contributed by atoms with Crippen LogP contribution >= 0.6 is 0 Å². The molecule has 0 spiro atoms. The minimum Gasteiger partial charge on any atom is -0.462 e. The second kappa shape index (κ2) is 6.97. The molecule has 5 nitrogen and oxygen atoms in total. The van der Waals surface area contributed by atoms with Gasteiger partial charge in [-0.3, -0.25) is 0 Å². The predicted molar refractivity (Wildman–Crippen MR) is 77.1 cm³/mol. The molecule has 0 fully saturated rings. The van der Waals surface area contributed by atoms with Crippen LogP contribution in [0.15, 0.2) is 12.3 Å². The summed E-state index contributed by atoms with van der Waals surface area (Å²) in [5.74, 6) is 0.618. The molecule has 3 N–H and O–H groups in total. The Bertz CT molecular complexity index is 435. The van der Waals surface area contributed by atoms with E-state index in [1.807, 2.05) is 0 Å². The van der Waals surface area contributed by atoms with Crippen molar-refractivity contribution < 1.29 is 9.53 Å². The fraction of sp³-hybridized carbons (Fsp3) is 0.571. The normalized spacial score (nSPS) is 13.7. The van der Waals surface area contributed by atoms with E-state index in [9.17, 15) is 4.79 Å². The van der Waals surface area contributed by atoms with Gasteiger partial charge in [0, 0.05) is 12.2 Å². The van der Waals surface area contributed by atoms with Crippen molar-refractivity contribution in [3.05, 3.63) is 17.8 Å². The van der Waals surface area contributed by atoms with Crippen molar-refractivity contribution in [2.45, 2.75) is 40.2 Å². The van der Waals surface area contributed by atoms with Gasteiger partial charge in [0.25, 0.3) is 0 Å². The quantitative estimate of drug-likeness (QED) is 0.773. The van der Waals surface area contributed by atoms with Gasteiger partial charge >= 0.3 is 5.97 Å². The van der Waals surface area contributed by atoms with Crippen LogP contribution in [0, 0.1) is 5.92 Å². The molecule has 0 saturated carbocycles. The number of ether oxygens (including phenoxy) is 1. The standard InChI is InChI=1S/C14H23N3O2/c1-5-9(3)10(4)17-13-12(15)11(7-8-16-13)14(18)19-6-2/h7-10H,5-6,15H2,1-4H3,(H,16,17). The number of nitrogens with zero attached hydrogens (tertiary/aromatic N) is 1. The molecule has 1 heterocycles. The van der Waals surface area contributed by atoms with Gasteiger partial charge in [0.15, 0.2) is 0 Å². The number of esters is 1. The fourth-order valence-electron chi connectivity index (χ4n) is 1.69. The monoisotopic (exact) mass is 265 g/mol. The van der Waals surface area contributed by atoms with E-state index in [2.05, 4.69) is 31.1 Å². The molecule has 1 aromatic rings. The van der Waals surface area contributed by atoms with E-state index < -0.39 is 5.97 Å². The Morgan fingerprint density at radius 2 is 2.16 bits per heavy atom. The Morgan fingerprint density at radius 3 is 2.74 bits per heavy atom. The van der Waals surface area contributed by atoms with Gasteiger partial charge in [-0.05, 0) is 25.8 Å². The molecule has 2 atom stereocenters. The van der Waals surface area contributed by atoms with Crippen molar-refractivity contribution in [2.75, 3.05) is 17.7 Å². The maximum atomic E-state index is 11.7. The summed E-state index contributed by atoms with van der Waals surface area (Å²) in [6.07, 6.45) is 2.62. The summed E-state index contributed by atoms with van der Waals surface area (Å²) in [5.41, 5.74) is 6.68. The second-order valence-corrected chi connectivity index (χ2v) is 4.66. The molecule has 2 unspecified atom stereocenters. The molecule has 0 aromatic carbocycles. The lowest BCUT2D eigenvalue weighted by Gasteiger charge is -2.21. The molecule has 0 amide bonds. The van der Waals surface area contributed by atoms with Crippen LogP contribution in [-0.4, -0.2) is 23.6 Å². The number of pyridine rings is 1. The van der Waals surface area contributed by atoms with Gasteiger partial charge in [0.05, 0.1) is 17.9 Å². The summed E-state index contributed by atoms with van der Waals surface area (Å²) in [5, 5.41) is 3.25. The molecule has 0 radical (unpaired) electrons. The number of anilines is 2. The van der Waals surface area contributed by atoms with Crippen molar-refractivity contribution in [1.82, 2.24) is 4.98 Å². The van der Waals surface area contributed by atoms with Gasteiger partial charge < -0.3 is 15.8 Å². The summed E-state index contributed by atoms with van der Waals surface area (Å²) in [4.78, 5) is 15.9. The zero-order valence-electron chi connectivity index (χ0n) is 12.1. The lowest BCUT2D eigenvalue weighted by molar-refractivity contribution is 0.0527. The topological polar surface area (TPSA) is 77.2 Å². The lowest BCUT2D eigenvalue weighted by Crippen LogP contribution is -2.25. The zero-order chi connectivity index (χ0) is 14.4. The maximum Gasteiger partial charge on any atom is 0.340 e. The first-order chi connectivity index (χ1) is 9.01. The SMILES string of the molecule is CCOC(=O)c1ccnc(NC(C)C(C)CC)c1N. The van der Waals surface area contributed by atoms with E-state index in [-0.39, 0.29) is 6.04 Å². The fourth-order valence-corrected chi connectivity index (χ4v) is 1.69. The molecule has 106 valence electrons. The molecule has 0 bridgehead atoms. The Balaban J connectivity index is 2.91. The lowest BCUT2D eigenvalue weighted by atomic mass is 10.0. The summed E-state index contributed by atoms with van der Waals surface area (Å²) in [7, 11) is 0. The maximum absolute atomic E-state index is 11.7. The number of hydrogen-bond donors (Lipinski definition) is 2. The molecule has 0 aliphatic heterocycles. The number of hydrogen-bond acceptors (Lipinski definition) is 5. The molecular formula is C14H23N3O2. The first kappa shape index (κ1) is 15.3. The van der Waals surface area contributed by atoms with E-state index in [1.54, 1.807) is 19.2 Å². The van der Waals surface area contributed by atoms with Crippen LogP contribution in [0.2, 0.25) is 0 Å². The van der Waals surface area contributed by atoms with Crippen LogP contribution < -0.4 is 11.1 Å². The Kier molecular flexibility index (Phi) is 5.60. The molecule has 1 aromatic heterocycles. The van der Waals surface area contributed by atoms with Crippen LogP contribution in [0.4, 0.5) is 11.5 Å². The highest BCUT2D eigenvalue weighted by atomic mass is 16.5. The van der Waals surface area contributed by atoms with E-state index in [1.165, 1.54) is 0 Å². The number of nitrogen functional groups attached to an aromatic ring is 1. The van der Waals surface area contributed by atoms with Gasteiger partial charge in [-0.25, -0.2) is 9.78 Å². The van der Waals surface area contributed by atoms with E-state index in [4.69, 9.17) is 10.5 Å². The van der Waals surface area contributed by atoms with Crippen molar-refractivity contribution in [2.24, 2.45) is 5.92 Å². The number of nitrogens with two attached hydrogens (primary N) is 1. The highest BCUT2D eigenvalue weighted by Crippen LogP contribution is 2.23. The second-order valence-electron chi connectivity index (χ2n) is 4.66. The molecule has 5 heteroatoms. The minimum atomic E-state index is -0.415. The van der Waals surface area contributed by atoms with Gasteiger partial charge in [-0.1, -0.05) is 20.3 Å². The van der Waals surface area contributed by atoms with Crippen LogP contribution in [0.1, 0.15) is 44.5 Å². The summed E-state index contributed by atoms with van der Waals surface area (Å²) in [6, 6.07) is 1.81. The van der Waals surface area contributed by atoms with Crippen molar-refractivity contribution in [3.63, 3.8) is 0 Å². The average molecular weight is 265 g/mol. The van der Waals surface area contributed by atoms with Crippen molar-refractivity contribution >= 4 is 17.5 Å². The van der Waals surface area contributed by atoms with E-state index >= 15 is 0 Å². The highest BCUT2D eigenvalue weighted by Gasteiger charge is 2.17. The van der Waals surface area contributed by atoms with Gasteiger partial charge in [0.2, 0.25) is 0 Å². The molecule has 19 heavy (non-hydrogen) atoms. The van der Waals surface area contributed by atoms with Crippen LogP contribution in [0.5, 0.6) is 0 Å². The number of aromatic nitrogens is 1. The van der Waals surface area contributed by atoms with Gasteiger partial charge in [0.1, 0.15) is 5.82 Å². The Labute approximate surface area is 114 Å². The van der Waals surface area contributed by atoms with Crippen molar-refractivity contribution in [1.29, 1.82) is 0 Å². The minimum absolute atomic E-state index is 0.234. The summed E-state index contributed by atoms with van der Waals surface area (Å²) in [6.45, 7) is 8.45. The third-order valence-corrected chi connectivity index (χ3v) is 3.35. The predicted octanol–water partition coefficient (Wildman–Crippen LogP) is 2.69. The van der Waals surface area contributed by atoms with E-state index in [0.717, 1.165) is 6.42 Å². The molecule has 0 aliphatic carbocycles. The summed E-state index contributed by atoms with van der Waals surface area (Å²) < 4.78 is 4.96. The third-order valence-electron chi connectivity index (χ3n) is 3.35. The van der Waals surface area contributed by atoms with Gasteiger partial charge in [-0.2, -0.15) is 0 Å². The van der Waals surface area contributed by atoms with Crippen LogP contribution in [-0.2, 0) is 4.74 Å². The van der Waals surface area contributed by atoms with Crippen LogP contribution in [0.3, 0.4) is 0 Å². The highest BCUT2D eigenvalue weighted by molar-refractivity contribution is 5.97. The molecule has 0 aliphatic rings. The van der Waals surface area contributed by atoms with Crippen molar-refractivity contribution in [3.8, 4) is 0 Å². The molecule has 1 rings (SSSR count). The van der Waals surface area contributed by atoms with E-state index in [0.29, 0.717) is 29.6 Å². The van der Waals surface area contributed by atoms with Crippen LogP contribution in [0.25, 0.3) is 0 Å². The number of carbonyl (C=O) groups excluding carboxylic acids is 1. The molecule has 0 saturated heterocycles. The zero-order valence-corrected chi connectivity index (χ0v) is 12.1. The third kappa shape index (κ3) is 3.84. The first-order valence-corrected chi connectivity index (χ1v) is 6.69. The Hall–Kier alpha value is -1.78. The number of carbonyl (C=O) groups is 1. The summed E-state index contributed by atoms with van der Waals surface area (Å²) >= 11 is 0. The number of nitrogens with one attached hydrogen (secondary N) is 1. The Morgan fingerprint density at radius 1 is 1.47 bits per heavy atom. The first-order valence-electron chi connectivity index (χ1n) is 6.69. The van der Waals surface area contributed by atoms with Gasteiger partial charge in [-0.15, -0.1) is 0 Å². The molecular weight excluding hydrogens is 242 g/mol. The largest absolute Gasteiger partial charge is 0.462 e. The number of rotatable bonds is 6.